The van der Waals surface area contributed by atoms with Crippen LogP contribution in [-0.4, -0.2) is 10.1 Å². The van der Waals surface area contributed by atoms with Gasteiger partial charge in [0, 0.05) is 5.38 Å². The summed E-state index contributed by atoms with van der Waals surface area (Å²) in [6, 6.07) is 1.98. The monoisotopic (exact) mass is 341 g/mol. The molecule has 2 heterocycles. The number of halogens is 1. The van der Waals surface area contributed by atoms with Gasteiger partial charge in [-0.1, -0.05) is 24.9 Å². The molecule has 1 fully saturated rings. The summed E-state index contributed by atoms with van der Waals surface area (Å²) in [4.78, 5) is 4.51. The van der Waals surface area contributed by atoms with E-state index in [0.717, 1.165) is 28.6 Å². The molecule has 2 aromatic heterocycles. The predicted molar refractivity (Wildman–Crippen MR) is 78.8 cm³/mol. The van der Waals surface area contributed by atoms with Crippen molar-refractivity contribution in [1.29, 1.82) is 0 Å². The van der Waals surface area contributed by atoms with Crippen LogP contribution in [0.25, 0.3) is 11.5 Å². The number of nitrogens with zero attached hydrogens (tertiary/aromatic N) is 2. The summed E-state index contributed by atoms with van der Waals surface area (Å²) in [6.45, 7) is 2.23. The minimum Gasteiger partial charge on any atom is -0.334 e. The van der Waals surface area contributed by atoms with Crippen molar-refractivity contribution in [2.75, 3.05) is 0 Å². The van der Waals surface area contributed by atoms with E-state index in [1.54, 1.807) is 11.3 Å². The largest absolute Gasteiger partial charge is 0.334 e. The molecule has 0 spiro atoms. The van der Waals surface area contributed by atoms with Crippen molar-refractivity contribution in [3.8, 4) is 11.5 Å². The summed E-state index contributed by atoms with van der Waals surface area (Å²) in [7, 11) is 0. The van der Waals surface area contributed by atoms with Gasteiger partial charge in [-0.05, 0) is 40.8 Å². The normalized spacial score (nSPS) is 27.6. The molecule has 6 heteroatoms. The van der Waals surface area contributed by atoms with Gasteiger partial charge < -0.3 is 10.3 Å². The lowest BCUT2D eigenvalue weighted by molar-refractivity contribution is 0.222. The van der Waals surface area contributed by atoms with Crippen molar-refractivity contribution in [3.63, 3.8) is 0 Å². The summed E-state index contributed by atoms with van der Waals surface area (Å²) in [5.41, 5.74) is 7.00. The zero-order valence-electron chi connectivity index (χ0n) is 10.7. The second-order valence-electron chi connectivity index (χ2n) is 5.42. The van der Waals surface area contributed by atoms with Gasteiger partial charge in [0.15, 0.2) is 5.82 Å². The van der Waals surface area contributed by atoms with E-state index in [-0.39, 0.29) is 0 Å². The Morgan fingerprint density at radius 3 is 3.11 bits per heavy atom. The van der Waals surface area contributed by atoms with Gasteiger partial charge in [-0.2, -0.15) is 4.98 Å². The average molecular weight is 342 g/mol. The Balaban J connectivity index is 1.88. The molecule has 2 unspecified atom stereocenters. The molecule has 102 valence electrons. The van der Waals surface area contributed by atoms with Crippen molar-refractivity contribution >= 4 is 27.3 Å². The molecule has 3 rings (SSSR count). The van der Waals surface area contributed by atoms with Gasteiger partial charge in [0.1, 0.15) is 0 Å². The smallest absolute Gasteiger partial charge is 0.258 e. The zero-order chi connectivity index (χ0) is 13.5. The molecule has 1 aliphatic rings. The summed E-state index contributed by atoms with van der Waals surface area (Å²) in [6.07, 6.45) is 4.23. The topological polar surface area (TPSA) is 64.9 Å². The van der Waals surface area contributed by atoms with Gasteiger partial charge in [-0.25, -0.2) is 0 Å². The first-order chi connectivity index (χ1) is 9.07. The summed E-state index contributed by atoms with van der Waals surface area (Å²) < 4.78 is 6.41. The third-order valence-corrected chi connectivity index (χ3v) is 5.22. The van der Waals surface area contributed by atoms with Crippen LogP contribution in [0.5, 0.6) is 0 Å². The number of aromatic nitrogens is 2. The summed E-state index contributed by atoms with van der Waals surface area (Å²) >= 11 is 5.04. The first kappa shape index (κ1) is 13.3. The van der Waals surface area contributed by atoms with E-state index in [9.17, 15) is 0 Å². The molecule has 1 aliphatic carbocycles. The molecule has 1 saturated carbocycles. The predicted octanol–water partition coefficient (Wildman–Crippen LogP) is 3.92. The maximum absolute atomic E-state index is 6.48. The Hall–Kier alpha value is -0.720. The van der Waals surface area contributed by atoms with E-state index in [2.05, 4.69) is 33.0 Å². The maximum atomic E-state index is 6.48. The Morgan fingerprint density at radius 2 is 2.42 bits per heavy atom. The van der Waals surface area contributed by atoms with Crippen molar-refractivity contribution in [2.45, 2.75) is 38.1 Å². The minimum absolute atomic E-state index is 0.424. The number of nitrogens with two attached hydrogens (primary N) is 1. The van der Waals surface area contributed by atoms with Crippen molar-refractivity contribution in [3.05, 3.63) is 21.1 Å². The summed E-state index contributed by atoms with van der Waals surface area (Å²) in [5, 5.41) is 6.10. The Labute approximate surface area is 124 Å². The van der Waals surface area contributed by atoms with Gasteiger partial charge in [0.2, 0.25) is 0 Å². The highest BCUT2D eigenvalue weighted by atomic mass is 79.9. The fraction of sp³-hybridized carbons (Fsp3) is 0.538. The molecule has 0 aromatic carbocycles. The van der Waals surface area contributed by atoms with Crippen molar-refractivity contribution in [2.24, 2.45) is 11.7 Å². The summed E-state index contributed by atoms with van der Waals surface area (Å²) in [5.74, 6) is 1.83. The van der Waals surface area contributed by atoms with E-state index in [1.807, 2.05) is 11.4 Å². The van der Waals surface area contributed by atoms with Gasteiger partial charge in [0.05, 0.1) is 14.9 Å². The molecule has 2 atom stereocenters. The van der Waals surface area contributed by atoms with Gasteiger partial charge in [0.25, 0.3) is 5.89 Å². The second-order valence-corrected chi connectivity index (χ2v) is 7.71. The number of hydrogen-bond donors (Lipinski definition) is 1. The molecular formula is C13H16BrN3OS. The van der Waals surface area contributed by atoms with E-state index in [1.165, 1.54) is 6.42 Å². The zero-order valence-corrected chi connectivity index (χ0v) is 13.1. The number of hydrogen-bond acceptors (Lipinski definition) is 5. The van der Waals surface area contributed by atoms with Crippen LogP contribution in [0, 0.1) is 5.92 Å². The van der Waals surface area contributed by atoms with Gasteiger partial charge in [-0.15, -0.1) is 11.3 Å². The fourth-order valence-corrected chi connectivity index (χ4v) is 3.89. The quantitative estimate of drug-likeness (QED) is 0.898. The van der Waals surface area contributed by atoms with Crippen LogP contribution in [0.2, 0.25) is 0 Å². The van der Waals surface area contributed by atoms with E-state index in [0.29, 0.717) is 17.6 Å². The van der Waals surface area contributed by atoms with Crippen LogP contribution in [0.3, 0.4) is 0 Å². The Morgan fingerprint density at radius 1 is 1.58 bits per heavy atom. The molecular weight excluding hydrogens is 326 g/mol. The van der Waals surface area contributed by atoms with Gasteiger partial charge in [-0.3, -0.25) is 0 Å². The minimum atomic E-state index is -0.424. The van der Waals surface area contributed by atoms with Crippen LogP contribution in [0.15, 0.2) is 19.8 Å². The lowest BCUT2D eigenvalue weighted by Gasteiger charge is -2.33. The highest BCUT2D eigenvalue weighted by molar-refractivity contribution is 9.11. The van der Waals surface area contributed by atoms with E-state index in [4.69, 9.17) is 10.3 Å². The van der Waals surface area contributed by atoms with Crippen molar-refractivity contribution < 1.29 is 4.52 Å². The maximum Gasteiger partial charge on any atom is 0.258 e. The highest BCUT2D eigenvalue weighted by Gasteiger charge is 2.37. The molecule has 0 radical (unpaired) electrons. The van der Waals surface area contributed by atoms with Crippen LogP contribution >= 0.6 is 27.3 Å². The van der Waals surface area contributed by atoms with E-state index >= 15 is 0 Å². The molecule has 0 bridgehead atoms. The Kier molecular flexibility index (Phi) is 3.49. The first-order valence-electron chi connectivity index (χ1n) is 6.44. The molecule has 19 heavy (non-hydrogen) atoms. The first-order valence-corrected chi connectivity index (χ1v) is 8.11. The van der Waals surface area contributed by atoms with Gasteiger partial charge >= 0.3 is 0 Å². The van der Waals surface area contributed by atoms with E-state index < -0.39 is 5.54 Å². The third kappa shape index (κ3) is 2.61. The van der Waals surface area contributed by atoms with Crippen LogP contribution in [0.1, 0.15) is 38.4 Å². The van der Waals surface area contributed by atoms with Crippen LogP contribution in [0.4, 0.5) is 0 Å². The lowest BCUT2D eigenvalue weighted by atomic mass is 9.76. The molecule has 0 amide bonds. The molecule has 0 saturated heterocycles. The number of thiophene rings is 1. The molecule has 2 N–H and O–H groups in total. The lowest BCUT2D eigenvalue weighted by Crippen LogP contribution is -2.42. The van der Waals surface area contributed by atoms with Crippen molar-refractivity contribution in [1.82, 2.24) is 10.1 Å². The van der Waals surface area contributed by atoms with Crippen LogP contribution in [-0.2, 0) is 5.54 Å². The molecule has 2 aromatic rings. The van der Waals surface area contributed by atoms with Crippen LogP contribution < -0.4 is 5.73 Å². The number of rotatable bonds is 2. The average Bonchev–Trinajstić information content (AvgIpc) is 2.96. The third-order valence-electron chi connectivity index (χ3n) is 3.72. The Bertz CT molecular complexity index is 582. The standard InChI is InChI=1S/C13H16BrN3OS/c1-8-3-2-4-13(15,6-8)12-16-11(18-17-12)9-5-10(14)19-7-9/h5,7-8H,2-4,6,15H2,1H3. The second kappa shape index (κ2) is 5.00. The molecule has 0 aliphatic heterocycles. The SMILES string of the molecule is CC1CCCC(N)(c2noc(-c3csc(Br)c3)n2)C1. The fourth-order valence-electron chi connectivity index (χ4n) is 2.76. The highest BCUT2D eigenvalue weighted by Crippen LogP contribution is 2.37. The molecule has 4 nitrogen and oxygen atoms in total.